The molecule has 2 aromatic carbocycles. The number of hydrogen-bond acceptors (Lipinski definition) is 5. The minimum absolute atomic E-state index is 0.0336. The van der Waals surface area contributed by atoms with Crippen LogP contribution in [0.15, 0.2) is 53.2 Å². The highest BCUT2D eigenvalue weighted by atomic mass is 127. The molecule has 150 valence electrons. The summed E-state index contributed by atoms with van der Waals surface area (Å²) in [5.74, 6) is -1.61. The number of amides is 2. The van der Waals surface area contributed by atoms with E-state index in [0.29, 0.717) is 23.5 Å². The summed E-state index contributed by atoms with van der Waals surface area (Å²) in [5.41, 5.74) is 2.01. The van der Waals surface area contributed by atoms with E-state index in [1.165, 1.54) is 0 Å². The highest BCUT2D eigenvalue weighted by molar-refractivity contribution is 14.1. The van der Waals surface area contributed by atoms with E-state index in [0.717, 1.165) is 20.5 Å². The molecule has 0 spiro atoms. The van der Waals surface area contributed by atoms with Crippen molar-refractivity contribution in [2.75, 3.05) is 16.8 Å². The van der Waals surface area contributed by atoms with Crippen LogP contribution in [0.2, 0.25) is 0 Å². The molecule has 6 nitrogen and oxygen atoms in total. The molecule has 1 aliphatic heterocycles. The van der Waals surface area contributed by atoms with E-state index in [2.05, 4.69) is 27.9 Å². The molecule has 0 atom stereocenters. The number of carbonyl (C=O) groups excluding carboxylic acids is 3. The number of ether oxygens (including phenoxy) is 1. The third kappa shape index (κ3) is 4.45. The van der Waals surface area contributed by atoms with Crippen LogP contribution in [0.25, 0.3) is 0 Å². The van der Waals surface area contributed by atoms with Gasteiger partial charge >= 0.3 is 5.97 Å². The molecule has 0 saturated carbocycles. The number of nitrogens with one attached hydrogen (secondary N) is 1. The Labute approximate surface area is 187 Å². The van der Waals surface area contributed by atoms with E-state index in [9.17, 15) is 14.4 Å². The number of hydrogen-bond donors (Lipinski definition) is 1. The molecule has 29 heavy (non-hydrogen) atoms. The topological polar surface area (TPSA) is 75.7 Å². The number of anilines is 2. The molecule has 1 heterocycles. The predicted molar refractivity (Wildman–Crippen MR) is 120 cm³/mol. The first-order valence-corrected chi connectivity index (χ1v) is 10.4. The number of carbonyl (C=O) groups is 3. The summed E-state index contributed by atoms with van der Waals surface area (Å²) in [7, 11) is 0. The lowest BCUT2D eigenvalue weighted by molar-refractivity contribution is -0.120. The summed E-state index contributed by atoms with van der Waals surface area (Å²) >= 11 is 8.35. The maximum absolute atomic E-state index is 12.9. The SMILES string of the molecule is CCCOC(=O)c1cccc(NC2=C(Cl)C(=O)N(c3ccc(I)cc3C)C2=O)c1. The number of halogens is 2. The first kappa shape index (κ1) is 21.3. The lowest BCUT2D eigenvalue weighted by atomic mass is 10.2. The van der Waals surface area contributed by atoms with E-state index < -0.39 is 17.8 Å². The van der Waals surface area contributed by atoms with Gasteiger partial charge in [-0.25, -0.2) is 9.69 Å². The Morgan fingerprint density at radius 2 is 1.93 bits per heavy atom. The van der Waals surface area contributed by atoms with Crippen LogP contribution in [-0.4, -0.2) is 24.4 Å². The van der Waals surface area contributed by atoms with Crippen LogP contribution in [0.1, 0.15) is 29.3 Å². The Balaban J connectivity index is 1.86. The average molecular weight is 525 g/mol. The van der Waals surface area contributed by atoms with Crippen LogP contribution in [0.3, 0.4) is 0 Å². The zero-order valence-corrected chi connectivity index (χ0v) is 18.7. The minimum atomic E-state index is -0.595. The van der Waals surface area contributed by atoms with Gasteiger partial charge in [0, 0.05) is 9.26 Å². The van der Waals surface area contributed by atoms with Crippen molar-refractivity contribution in [1.29, 1.82) is 0 Å². The number of aryl methyl sites for hydroxylation is 1. The second kappa shape index (κ2) is 8.96. The fraction of sp³-hybridized carbons (Fsp3) is 0.190. The number of esters is 1. The van der Waals surface area contributed by atoms with Crippen LogP contribution < -0.4 is 10.2 Å². The highest BCUT2D eigenvalue weighted by Crippen LogP contribution is 2.32. The summed E-state index contributed by atoms with van der Waals surface area (Å²) in [5, 5.41) is 2.68. The van der Waals surface area contributed by atoms with E-state index in [-0.39, 0.29) is 10.7 Å². The van der Waals surface area contributed by atoms with Crippen LogP contribution >= 0.6 is 34.2 Å². The van der Waals surface area contributed by atoms with Crippen LogP contribution in [0.5, 0.6) is 0 Å². The normalized spacial score (nSPS) is 13.9. The molecular weight excluding hydrogens is 507 g/mol. The lowest BCUT2D eigenvalue weighted by Crippen LogP contribution is -2.32. The Hall–Kier alpha value is -2.39. The fourth-order valence-corrected chi connectivity index (χ4v) is 3.71. The van der Waals surface area contributed by atoms with Crippen molar-refractivity contribution in [3.8, 4) is 0 Å². The standard InChI is InChI=1S/C21H18ClIN2O4/c1-3-9-29-21(28)13-5-4-6-15(11-13)24-18-17(22)19(26)25(20(18)27)16-8-7-14(23)10-12(16)2/h4-8,10-11,24H,3,9H2,1-2H3. The first-order chi connectivity index (χ1) is 13.8. The molecule has 1 aliphatic rings. The van der Waals surface area contributed by atoms with Crippen molar-refractivity contribution in [3.05, 3.63) is 67.9 Å². The maximum Gasteiger partial charge on any atom is 0.338 e. The lowest BCUT2D eigenvalue weighted by Gasteiger charge is -2.17. The Bertz CT molecular complexity index is 1040. The molecule has 0 bridgehead atoms. The van der Waals surface area contributed by atoms with E-state index in [4.69, 9.17) is 16.3 Å². The molecule has 2 amide bonds. The highest BCUT2D eigenvalue weighted by Gasteiger charge is 2.39. The monoisotopic (exact) mass is 524 g/mol. The molecular formula is C21H18ClIN2O4. The quantitative estimate of drug-likeness (QED) is 0.340. The van der Waals surface area contributed by atoms with Crippen LogP contribution in [0.4, 0.5) is 11.4 Å². The summed E-state index contributed by atoms with van der Waals surface area (Å²) in [4.78, 5) is 38.7. The van der Waals surface area contributed by atoms with Crippen molar-refractivity contribution >= 4 is 63.4 Å². The van der Waals surface area contributed by atoms with Crippen LogP contribution in [0, 0.1) is 10.5 Å². The molecule has 0 radical (unpaired) electrons. The average Bonchev–Trinajstić information content (AvgIpc) is 2.90. The molecule has 0 unspecified atom stereocenters. The number of rotatable bonds is 6. The van der Waals surface area contributed by atoms with Gasteiger partial charge in [-0.2, -0.15) is 0 Å². The maximum atomic E-state index is 12.9. The number of nitrogens with zero attached hydrogens (tertiary/aromatic N) is 1. The Morgan fingerprint density at radius 3 is 2.62 bits per heavy atom. The molecule has 3 rings (SSSR count). The van der Waals surface area contributed by atoms with Gasteiger partial charge in [-0.1, -0.05) is 24.6 Å². The molecule has 1 N–H and O–H groups in total. The zero-order chi connectivity index (χ0) is 21.1. The molecule has 0 aromatic heterocycles. The van der Waals surface area contributed by atoms with Gasteiger partial charge in [-0.15, -0.1) is 0 Å². The number of imide groups is 1. The third-order valence-electron chi connectivity index (χ3n) is 4.23. The third-order valence-corrected chi connectivity index (χ3v) is 5.25. The van der Waals surface area contributed by atoms with Crippen molar-refractivity contribution < 1.29 is 19.1 Å². The van der Waals surface area contributed by atoms with Crippen molar-refractivity contribution in [3.63, 3.8) is 0 Å². The molecule has 0 aliphatic carbocycles. The summed E-state index contributed by atoms with van der Waals surface area (Å²) in [6.07, 6.45) is 0.719. The van der Waals surface area contributed by atoms with Gasteiger partial charge in [-0.3, -0.25) is 9.59 Å². The molecule has 0 fully saturated rings. The fourth-order valence-electron chi connectivity index (χ4n) is 2.85. The van der Waals surface area contributed by atoms with E-state index >= 15 is 0 Å². The van der Waals surface area contributed by atoms with Gasteiger partial charge in [0.25, 0.3) is 11.8 Å². The van der Waals surface area contributed by atoms with Gasteiger partial charge in [-0.05, 0) is 77.9 Å². The van der Waals surface area contributed by atoms with Gasteiger partial charge in [0.15, 0.2) is 0 Å². The number of benzene rings is 2. The zero-order valence-electron chi connectivity index (χ0n) is 15.8. The predicted octanol–water partition coefficient (Wildman–Crippen LogP) is 4.60. The van der Waals surface area contributed by atoms with Crippen molar-refractivity contribution in [1.82, 2.24) is 0 Å². The largest absolute Gasteiger partial charge is 0.462 e. The summed E-state index contributed by atoms with van der Waals surface area (Å²) in [6, 6.07) is 11.9. The van der Waals surface area contributed by atoms with Gasteiger partial charge < -0.3 is 10.1 Å². The van der Waals surface area contributed by atoms with Crippen LogP contribution in [-0.2, 0) is 14.3 Å². The van der Waals surface area contributed by atoms with Gasteiger partial charge in [0.05, 0.1) is 17.9 Å². The van der Waals surface area contributed by atoms with E-state index in [1.54, 1.807) is 30.3 Å². The summed E-state index contributed by atoms with van der Waals surface area (Å²) in [6.45, 7) is 4.05. The molecule has 0 saturated heterocycles. The first-order valence-electron chi connectivity index (χ1n) is 8.92. The second-order valence-electron chi connectivity index (χ2n) is 6.41. The Kier molecular flexibility index (Phi) is 6.59. The van der Waals surface area contributed by atoms with Gasteiger partial charge in [0.1, 0.15) is 10.7 Å². The Morgan fingerprint density at radius 1 is 1.17 bits per heavy atom. The summed E-state index contributed by atoms with van der Waals surface area (Å²) < 4.78 is 6.12. The molecule has 8 heteroatoms. The van der Waals surface area contributed by atoms with E-state index in [1.807, 2.05) is 26.0 Å². The van der Waals surface area contributed by atoms with Gasteiger partial charge in [0.2, 0.25) is 0 Å². The smallest absolute Gasteiger partial charge is 0.338 e. The molecule has 2 aromatic rings. The minimum Gasteiger partial charge on any atom is -0.462 e. The van der Waals surface area contributed by atoms with Crippen molar-refractivity contribution in [2.24, 2.45) is 0 Å². The second-order valence-corrected chi connectivity index (χ2v) is 8.03. The van der Waals surface area contributed by atoms with Crippen molar-refractivity contribution in [2.45, 2.75) is 20.3 Å².